The number of nitrogens with one attached hydrogen (secondary N) is 1. The van der Waals surface area contributed by atoms with E-state index in [0.29, 0.717) is 11.1 Å². The SMILES string of the molecule is CC(=O)c1ccc(C#N)cc1NCCCCN1CCCC(C)C1. The first-order valence-corrected chi connectivity index (χ1v) is 8.61. The molecule has 1 fully saturated rings. The first kappa shape index (κ1) is 17.5. The van der Waals surface area contributed by atoms with Crippen molar-refractivity contribution in [2.24, 2.45) is 5.92 Å². The first-order chi connectivity index (χ1) is 11.1. The standard InChI is InChI=1S/C19H27N3O/c1-15-6-5-11-22(14-15)10-4-3-9-21-19-12-17(13-20)7-8-18(19)16(2)23/h7-8,12,15,21H,3-6,9-11,14H2,1-2H3. The van der Waals surface area contributed by atoms with Gasteiger partial charge in [0.15, 0.2) is 5.78 Å². The highest BCUT2D eigenvalue weighted by molar-refractivity contribution is 5.99. The lowest BCUT2D eigenvalue weighted by Crippen LogP contribution is -2.35. The molecule has 0 aliphatic carbocycles. The van der Waals surface area contributed by atoms with Gasteiger partial charge in [0.1, 0.15) is 0 Å². The number of unbranched alkanes of at least 4 members (excludes halogenated alkanes) is 1. The van der Waals surface area contributed by atoms with E-state index < -0.39 is 0 Å². The number of Topliss-reactive ketones (excluding diaryl/α,β-unsaturated/α-hetero) is 1. The summed E-state index contributed by atoms with van der Waals surface area (Å²) in [5, 5.41) is 12.3. The summed E-state index contributed by atoms with van der Waals surface area (Å²) in [7, 11) is 0. The quantitative estimate of drug-likeness (QED) is 0.616. The lowest BCUT2D eigenvalue weighted by atomic mass is 10.0. The average Bonchev–Trinajstić information content (AvgIpc) is 2.54. The van der Waals surface area contributed by atoms with Gasteiger partial charge in [0.2, 0.25) is 0 Å². The molecule has 23 heavy (non-hydrogen) atoms. The fraction of sp³-hybridized carbons (Fsp3) is 0.579. The minimum Gasteiger partial charge on any atom is -0.384 e. The van der Waals surface area contributed by atoms with Crippen molar-refractivity contribution in [3.8, 4) is 6.07 Å². The number of rotatable bonds is 7. The fourth-order valence-electron chi connectivity index (χ4n) is 3.24. The second kappa shape index (κ2) is 8.69. The molecule has 124 valence electrons. The maximum atomic E-state index is 11.7. The molecular formula is C19H27N3O. The van der Waals surface area contributed by atoms with E-state index in [0.717, 1.165) is 37.5 Å². The first-order valence-electron chi connectivity index (χ1n) is 8.61. The third-order valence-corrected chi connectivity index (χ3v) is 4.49. The molecule has 1 atom stereocenters. The largest absolute Gasteiger partial charge is 0.384 e. The van der Waals surface area contributed by atoms with E-state index in [1.807, 2.05) is 0 Å². The maximum Gasteiger partial charge on any atom is 0.161 e. The highest BCUT2D eigenvalue weighted by atomic mass is 16.1. The van der Waals surface area contributed by atoms with E-state index in [9.17, 15) is 4.79 Å². The summed E-state index contributed by atoms with van der Waals surface area (Å²) in [6.45, 7) is 8.34. The summed E-state index contributed by atoms with van der Waals surface area (Å²) in [5.74, 6) is 0.855. The van der Waals surface area contributed by atoms with Gasteiger partial charge in [0.25, 0.3) is 0 Å². The number of hydrogen-bond donors (Lipinski definition) is 1. The van der Waals surface area contributed by atoms with Crippen molar-refractivity contribution in [2.75, 3.05) is 31.5 Å². The molecular weight excluding hydrogens is 286 g/mol. The van der Waals surface area contributed by atoms with Crippen LogP contribution in [0.5, 0.6) is 0 Å². The normalized spacial score (nSPS) is 18.4. The number of benzene rings is 1. The van der Waals surface area contributed by atoms with Gasteiger partial charge < -0.3 is 10.2 Å². The van der Waals surface area contributed by atoms with E-state index in [2.05, 4.69) is 23.2 Å². The summed E-state index contributed by atoms with van der Waals surface area (Å²) < 4.78 is 0. The zero-order chi connectivity index (χ0) is 16.7. The monoisotopic (exact) mass is 313 g/mol. The van der Waals surface area contributed by atoms with Crippen molar-refractivity contribution < 1.29 is 4.79 Å². The number of hydrogen-bond acceptors (Lipinski definition) is 4. The number of piperidine rings is 1. The third-order valence-electron chi connectivity index (χ3n) is 4.49. The smallest absolute Gasteiger partial charge is 0.161 e. The van der Waals surface area contributed by atoms with E-state index in [1.165, 1.54) is 25.9 Å². The van der Waals surface area contributed by atoms with Crippen LogP contribution in [0.15, 0.2) is 18.2 Å². The minimum atomic E-state index is 0.0271. The molecule has 4 nitrogen and oxygen atoms in total. The molecule has 0 aromatic heterocycles. The predicted molar refractivity (Wildman–Crippen MR) is 93.7 cm³/mol. The van der Waals surface area contributed by atoms with Crippen molar-refractivity contribution in [2.45, 2.75) is 39.5 Å². The second-order valence-electron chi connectivity index (χ2n) is 6.61. The highest BCUT2D eigenvalue weighted by Crippen LogP contribution is 2.19. The van der Waals surface area contributed by atoms with Gasteiger partial charge in [-0.1, -0.05) is 6.92 Å². The third kappa shape index (κ3) is 5.37. The van der Waals surface area contributed by atoms with E-state index in [-0.39, 0.29) is 5.78 Å². The molecule has 1 aromatic carbocycles. The maximum absolute atomic E-state index is 11.7. The van der Waals surface area contributed by atoms with Crippen molar-refractivity contribution in [3.63, 3.8) is 0 Å². The van der Waals surface area contributed by atoms with E-state index >= 15 is 0 Å². The van der Waals surface area contributed by atoms with Gasteiger partial charge in [0, 0.05) is 24.3 Å². The van der Waals surface area contributed by atoms with Gasteiger partial charge in [-0.3, -0.25) is 4.79 Å². The van der Waals surface area contributed by atoms with Crippen LogP contribution in [0.3, 0.4) is 0 Å². The van der Waals surface area contributed by atoms with Crippen molar-refractivity contribution in [3.05, 3.63) is 29.3 Å². The Labute approximate surface area is 139 Å². The number of carbonyl (C=O) groups excluding carboxylic acids is 1. The van der Waals surface area contributed by atoms with Gasteiger partial charge in [-0.15, -0.1) is 0 Å². The summed E-state index contributed by atoms with van der Waals surface area (Å²) in [6, 6.07) is 7.32. The van der Waals surface area contributed by atoms with Crippen LogP contribution in [0.25, 0.3) is 0 Å². The molecule has 0 radical (unpaired) electrons. The molecule has 1 unspecified atom stereocenters. The molecule has 1 heterocycles. The molecule has 0 spiro atoms. The predicted octanol–water partition coefficient (Wildman–Crippen LogP) is 3.68. The van der Waals surface area contributed by atoms with E-state index in [4.69, 9.17) is 5.26 Å². The lowest BCUT2D eigenvalue weighted by molar-refractivity contribution is 0.101. The molecule has 4 heteroatoms. The number of anilines is 1. The zero-order valence-corrected chi connectivity index (χ0v) is 14.3. The topological polar surface area (TPSA) is 56.1 Å². The van der Waals surface area contributed by atoms with Gasteiger partial charge in [-0.25, -0.2) is 0 Å². The second-order valence-corrected chi connectivity index (χ2v) is 6.61. The molecule has 0 bridgehead atoms. The molecule has 2 rings (SSSR count). The Balaban J connectivity index is 1.77. The average molecular weight is 313 g/mol. The van der Waals surface area contributed by atoms with Crippen molar-refractivity contribution >= 4 is 11.5 Å². The molecule has 0 amide bonds. The minimum absolute atomic E-state index is 0.0271. The Morgan fingerprint density at radius 3 is 2.96 bits per heavy atom. The number of carbonyl (C=O) groups is 1. The Kier molecular flexibility index (Phi) is 6.61. The fourth-order valence-corrected chi connectivity index (χ4v) is 3.24. The molecule has 1 aliphatic rings. The van der Waals surface area contributed by atoms with Gasteiger partial charge in [0.05, 0.1) is 11.6 Å². The number of likely N-dealkylation sites (tertiary alicyclic amines) is 1. The Hall–Kier alpha value is -1.86. The van der Waals surface area contributed by atoms with Crippen LogP contribution in [0.4, 0.5) is 5.69 Å². The Bertz CT molecular complexity index is 576. The summed E-state index contributed by atoms with van der Waals surface area (Å²) in [4.78, 5) is 14.2. The van der Waals surface area contributed by atoms with Crippen LogP contribution in [0.2, 0.25) is 0 Å². The van der Waals surface area contributed by atoms with E-state index in [1.54, 1.807) is 25.1 Å². The highest BCUT2D eigenvalue weighted by Gasteiger charge is 2.15. The Morgan fingerprint density at radius 1 is 1.43 bits per heavy atom. The van der Waals surface area contributed by atoms with Crippen LogP contribution in [0.1, 0.15) is 55.5 Å². The number of ketones is 1. The van der Waals surface area contributed by atoms with Crippen LogP contribution in [-0.2, 0) is 0 Å². The van der Waals surface area contributed by atoms with Crippen LogP contribution in [-0.4, -0.2) is 36.9 Å². The van der Waals surface area contributed by atoms with Crippen molar-refractivity contribution in [1.29, 1.82) is 5.26 Å². The van der Waals surface area contributed by atoms with Crippen LogP contribution in [0, 0.1) is 17.2 Å². The molecule has 1 aliphatic heterocycles. The molecule has 1 N–H and O–H groups in total. The molecule has 1 saturated heterocycles. The summed E-state index contributed by atoms with van der Waals surface area (Å²) in [5.41, 5.74) is 2.02. The number of nitriles is 1. The Morgan fingerprint density at radius 2 is 2.26 bits per heavy atom. The lowest BCUT2D eigenvalue weighted by Gasteiger charge is -2.30. The van der Waals surface area contributed by atoms with Gasteiger partial charge in [-0.05, 0) is 69.8 Å². The van der Waals surface area contributed by atoms with Crippen LogP contribution < -0.4 is 5.32 Å². The van der Waals surface area contributed by atoms with Gasteiger partial charge >= 0.3 is 0 Å². The van der Waals surface area contributed by atoms with Crippen molar-refractivity contribution in [1.82, 2.24) is 4.90 Å². The molecule has 0 saturated carbocycles. The number of nitrogens with zero attached hydrogens (tertiary/aromatic N) is 2. The van der Waals surface area contributed by atoms with Crippen LogP contribution >= 0.6 is 0 Å². The van der Waals surface area contributed by atoms with Gasteiger partial charge in [-0.2, -0.15) is 5.26 Å². The summed E-state index contributed by atoms with van der Waals surface area (Å²) >= 11 is 0. The molecule has 1 aromatic rings. The zero-order valence-electron chi connectivity index (χ0n) is 14.3. The summed E-state index contributed by atoms with van der Waals surface area (Å²) in [6.07, 6.45) is 4.91.